The largest absolute Gasteiger partial charge is 0.460 e. The maximum Gasteiger partial charge on any atom is 0.335 e. The molecule has 0 saturated carbocycles. The van der Waals surface area contributed by atoms with E-state index in [-0.39, 0.29) is 18.8 Å². The fraction of sp³-hybridized carbons (Fsp3) is 0.444. The van der Waals surface area contributed by atoms with Crippen molar-refractivity contribution in [3.8, 4) is 0 Å². The van der Waals surface area contributed by atoms with Crippen LogP contribution < -0.4 is 0 Å². The Morgan fingerprint density at radius 2 is 2.23 bits per heavy atom. The third-order valence-corrected chi connectivity index (χ3v) is 1.11. The maximum atomic E-state index is 11.6. The van der Waals surface area contributed by atoms with E-state index >= 15 is 0 Å². The number of carbonyl (C=O) groups excluding carboxylic acids is 1. The lowest BCUT2D eigenvalue weighted by atomic mass is 10.3. The molecule has 0 spiro atoms. The van der Waals surface area contributed by atoms with Gasteiger partial charge >= 0.3 is 5.97 Å². The normalized spacial score (nSPS) is 9.31. The predicted molar refractivity (Wildman–Crippen MR) is 47.1 cm³/mol. The van der Waals surface area contributed by atoms with Gasteiger partial charge in [-0.15, -0.1) is 6.58 Å². The summed E-state index contributed by atoms with van der Waals surface area (Å²) in [4.78, 5) is 10.9. The molecule has 0 amide bonds. The average Bonchev–Trinajstić information content (AvgIpc) is 2.14. The highest BCUT2D eigenvalue weighted by Crippen LogP contribution is 1.95. The third kappa shape index (κ3) is 6.04. The van der Waals surface area contributed by atoms with Crippen molar-refractivity contribution in [2.75, 3.05) is 26.5 Å². The van der Waals surface area contributed by atoms with Crippen molar-refractivity contribution < 1.29 is 18.7 Å². The first kappa shape index (κ1) is 11.8. The van der Waals surface area contributed by atoms with Gasteiger partial charge in [0.1, 0.15) is 13.3 Å². The van der Waals surface area contributed by atoms with E-state index in [9.17, 15) is 9.18 Å². The molecule has 3 nitrogen and oxygen atoms in total. The summed E-state index contributed by atoms with van der Waals surface area (Å²) in [6.45, 7) is 6.35. The molecule has 0 unspecified atom stereocenters. The molecule has 0 atom stereocenters. The van der Waals surface area contributed by atoms with Crippen LogP contribution in [0.15, 0.2) is 24.8 Å². The van der Waals surface area contributed by atoms with E-state index in [0.717, 1.165) is 0 Å². The molecular weight excluding hydrogens is 175 g/mol. The summed E-state index contributed by atoms with van der Waals surface area (Å²) in [5.74, 6) is -0.623. The molecule has 0 aromatic heterocycles. The molecule has 74 valence electrons. The second-order valence-electron chi connectivity index (χ2n) is 2.23. The molecular formula is C9H13FO3. The Labute approximate surface area is 76.8 Å². The number of hydrogen-bond acceptors (Lipinski definition) is 3. The zero-order chi connectivity index (χ0) is 10.1. The number of alkyl halides is 1. The van der Waals surface area contributed by atoms with Gasteiger partial charge in [-0.05, 0) is 0 Å². The summed E-state index contributed by atoms with van der Waals surface area (Å²) in [6.07, 6.45) is 1.56. The molecule has 0 aliphatic rings. The van der Waals surface area contributed by atoms with E-state index in [1.165, 1.54) is 0 Å². The molecule has 0 bridgehead atoms. The lowest BCUT2D eigenvalue weighted by molar-refractivity contribution is -0.140. The van der Waals surface area contributed by atoms with Crippen LogP contribution in [-0.2, 0) is 14.3 Å². The SMILES string of the molecule is C=CCOCC(=C)C(=O)OCCF. The number of rotatable bonds is 7. The number of esters is 1. The molecule has 0 aliphatic heterocycles. The van der Waals surface area contributed by atoms with E-state index in [1.807, 2.05) is 0 Å². The molecule has 0 aliphatic carbocycles. The van der Waals surface area contributed by atoms with Gasteiger partial charge in [-0.1, -0.05) is 12.7 Å². The summed E-state index contributed by atoms with van der Waals surface area (Å²) in [7, 11) is 0. The molecule has 0 N–H and O–H groups in total. The molecule has 0 heterocycles. The lowest BCUT2D eigenvalue weighted by Crippen LogP contribution is -2.13. The highest BCUT2D eigenvalue weighted by molar-refractivity contribution is 5.87. The summed E-state index contributed by atoms with van der Waals surface area (Å²) in [5, 5.41) is 0. The van der Waals surface area contributed by atoms with Gasteiger partial charge in [-0.2, -0.15) is 0 Å². The third-order valence-electron chi connectivity index (χ3n) is 1.11. The van der Waals surface area contributed by atoms with Gasteiger partial charge in [0, 0.05) is 0 Å². The molecule has 13 heavy (non-hydrogen) atoms. The van der Waals surface area contributed by atoms with Crippen molar-refractivity contribution >= 4 is 5.97 Å². The number of halogens is 1. The maximum absolute atomic E-state index is 11.6. The van der Waals surface area contributed by atoms with Crippen LogP contribution >= 0.6 is 0 Å². The molecule has 0 aromatic rings. The van der Waals surface area contributed by atoms with Gasteiger partial charge in [-0.3, -0.25) is 0 Å². The molecule has 0 radical (unpaired) electrons. The predicted octanol–water partition coefficient (Wildman–Crippen LogP) is 1.26. The van der Waals surface area contributed by atoms with Crippen molar-refractivity contribution in [3.63, 3.8) is 0 Å². The van der Waals surface area contributed by atoms with Crippen molar-refractivity contribution in [1.82, 2.24) is 0 Å². The Bertz CT molecular complexity index is 189. The van der Waals surface area contributed by atoms with Crippen LogP contribution in [-0.4, -0.2) is 32.5 Å². The van der Waals surface area contributed by atoms with Crippen molar-refractivity contribution in [1.29, 1.82) is 0 Å². The fourth-order valence-electron chi connectivity index (χ4n) is 0.558. The minimum atomic E-state index is -0.688. The molecule has 0 saturated heterocycles. The van der Waals surface area contributed by atoms with Crippen molar-refractivity contribution in [3.05, 3.63) is 24.8 Å². The first-order valence-corrected chi connectivity index (χ1v) is 3.82. The van der Waals surface area contributed by atoms with Crippen LogP contribution in [0, 0.1) is 0 Å². The van der Waals surface area contributed by atoms with Gasteiger partial charge in [0.25, 0.3) is 0 Å². The minimum Gasteiger partial charge on any atom is -0.460 e. The zero-order valence-electron chi connectivity index (χ0n) is 7.42. The molecule has 0 fully saturated rings. The Morgan fingerprint density at radius 3 is 2.77 bits per heavy atom. The Kier molecular flexibility index (Phi) is 6.82. The van der Waals surface area contributed by atoms with Crippen LogP contribution in [0.2, 0.25) is 0 Å². The second kappa shape index (κ2) is 7.49. The van der Waals surface area contributed by atoms with Crippen LogP contribution in [0.5, 0.6) is 0 Å². The summed E-state index contributed by atoms with van der Waals surface area (Å²) in [6, 6.07) is 0. The number of carbonyl (C=O) groups is 1. The van der Waals surface area contributed by atoms with Gasteiger partial charge in [0.05, 0.1) is 18.8 Å². The number of hydrogen-bond donors (Lipinski definition) is 0. The van der Waals surface area contributed by atoms with Crippen molar-refractivity contribution in [2.45, 2.75) is 0 Å². The zero-order valence-corrected chi connectivity index (χ0v) is 7.42. The fourth-order valence-corrected chi connectivity index (χ4v) is 0.558. The van der Waals surface area contributed by atoms with Gasteiger partial charge in [0.2, 0.25) is 0 Å². The van der Waals surface area contributed by atoms with E-state index in [2.05, 4.69) is 17.9 Å². The highest BCUT2D eigenvalue weighted by atomic mass is 19.1. The van der Waals surface area contributed by atoms with Crippen LogP contribution in [0.25, 0.3) is 0 Å². The standard InChI is InChI=1S/C9H13FO3/c1-3-5-12-7-8(2)9(11)13-6-4-10/h3H,1-2,4-7H2. The monoisotopic (exact) mass is 188 g/mol. The molecule has 4 heteroatoms. The number of ether oxygens (including phenoxy) is 2. The highest BCUT2D eigenvalue weighted by Gasteiger charge is 2.07. The quantitative estimate of drug-likeness (QED) is 0.261. The summed E-state index contributed by atoms with van der Waals surface area (Å²) in [5.41, 5.74) is 0.176. The van der Waals surface area contributed by atoms with Gasteiger partial charge in [-0.25, -0.2) is 9.18 Å². The summed E-state index contributed by atoms with van der Waals surface area (Å²) < 4.78 is 21.0. The van der Waals surface area contributed by atoms with E-state index in [0.29, 0.717) is 6.61 Å². The molecule has 0 rings (SSSR count). The lowest BCUT2D eigenvalue weighted by Gasteiger charge is -2.04. The Hall–Kier alpha value is -1.16. The first-order valence-electron chi connectivity index (χ1n) is 3.82. The van der Waals surface area contributed by atoms with Gasteiger partial charge in [0.15, 0.2) is 0 Å². The smallest absolute Gasteiger partial charge is 0.335 e. The first-order chi connectivity index (χ1) is 6.22. The van der Waals surface area contributed by atoms with E-state index < -0.39 is 12.6 Å². The van der Waals surface area contributed by atoms with E-state index in [4.69, 9.17) is 4.74 Å². The topological polar surface area (TPSA) is 35.5 Å². The van der Waals surface area contributed by atoms with Gasteiger partial charge < -0.3 is 9.47 Å². The average molecular weight is 188 g/mol. The van der Waals surface area contributed by atoms with Crippen LogP contribution in [0.4, 0.5) is 4.39 Å². The van der Waals surface area contributed by atoms with E-state index in [1.54, 1.807) is 6.08 Å². The molecule has 0 aromatic carbocycles. The second-order valence-corrected chi connectivity index (χ2v) is 2.23. The minimum absolute atomic E-state index is 0.0805. The summed E-state index contributed by atoms with van der Waals surface area (Å²) >= 11 is 0. The Morgan fingerprint density at radius 1 is 1.54 bits per heavy atom. The van der Waals surface area contributed by atoms with Crippen LogP contribution in [0.1, 0.15) is 0 Å². The van der Waals surface area contributed by atoms with Crippen molar-refractivity contribution in [2.24, 2.45) is 0 Å². The Balaban J connectivity index is 3.57. The van der Waals surface area contributed by atoms with Crippen LogP contribution in [0.3, 0.4) is 0 Å².